The van der Waals surface area contributed by atoms with Gasteiger partial charge in [0.1, 0.15) is 21.3 Å². The second-order valence-corrected chi connectivity index (χ2v) is 10.0. The number of hydrogen-bond donors (Lipinski definition) is 0. The van der Waals surface area contributed by atoms with Crippen LogP contribution in [0.5, 0.6) is 0 Å². The lowest BCUT2D eigenvalue weighted by molar-refractivity contribution is 0.0132. The molecule has 1 aliphatic heterocycles. The second-order valence-electron chi connectivity index (χ2n) is 7.93. The standard InChI is InChI=1S/C17H25ClF3N3O3S/c1-16(2,3)27-15(25)24-8-6-10(7-9-24)17(4,21)28(26)12-11(14(19)20)22-23(5)13(12)18/h10,14H,6-9H2,1-5H3. The fourth-order valence-corrected chi connectivity index (χ4v) is 4.96. The second kappa shape index (κ2) is 8.22. The number of carbonyl (C=O) groups excluding carboxylic acids is 1. The predicted octanol–water partition coefficient (Wildman–Crippen LogP) is 4.45. The van der Waals surface area contributed by atoms with Gasteiger partial charge in [-0.05, 0) is 40.5 Å². The van der Waals surface area contributed by atoms with Crippen molar-refractivity contribution in [3.63, 3.8) is 0 Å². The van der Waals surface area contributed by atoms with Crippen LogP contribution in [-0.4, -0.2) is 48.7 Å². The number of aromatic nitrogens is 2. The predicted molar refractivity (Wildman–Crippen MR) is 99.6 cm³/mol. The number of alkyl halides is 3. The molecule has 2 heterocycles. The van der Waals surface area contributed by atoms with Gasteiger partial charge in [-0.25, -0.2) is 18.0 Å². The lowest BCUT2D eigenvalue weighted by atomic mass is 9.92. The zero-order chi connectivity index (χ0) is 21.4. The summed E-state index contributed by atoms with van der Waals surface area (Å²) in [5, 5.41) is 0.981. The average molecular weight is 444 g/mol. The molecule has 0 radical (unpaired) electrons. The lowest BCUT2D eigenvalue weighted by Gasteiger charge is -2.37. The first kappa shape index (κ1) is 23.0. The van der Waals surface area contributed by atoms with Gasteiger partial charge in [-0.1, -0.05) is 11.6 Å². The maximum Gasteiger partial charge on any atom is 0.410 e. The highest BCUT2D eigenvalue weighted by atomic mass is 35.5. The molecule has 6 nitrogen and oxygen atoms in total. The van der Waals surface area contributed by atoms with Gasteiger partial charge in [-0.15, -0.1) is 0 Å². The SMILES string of the molecule is Cn1nc(C(F)F)c(S(=O)C(C)(F)C2CCN(C(=O)OC(C)(C)C)CC2)c1Cl. The van der Waals surface area contributed by atoms with Gasteiger partial charge < -0.3 is 9.64 Å². The van der Waals surface area contributed by atoms with E-state index in [-0.39, 0.29) is 31.1 Å². The molecular weight excluding hydrogens is 419 g/mol. The Labute approximate surface area is 169 Å². The number of amides is 1. The Morgan fingerprint density at radius 1 is 1.29 bits per heavy atom. The Kier molecular flexibility index (Phi) is 6.75. The van der Waals surface area contributed by atoms with Crippen LogP contribution in [0.15, 0.2) is 4.90 Å². The number of ether oxygens (including phenoxy) is 1. The highest BCUT2D eigenvalue weighted by Gasteiger charge is 2.46. The fraction of sp³-hybridized carbons (Fsp3) is 0.765. The number of aryl methyl sites for hydroxylation is 1. The molecule has 1 saturated heterocycles. The van der Waals surface area contributed by atoms with Crippen molar-refractivity contribution in [1.82, 2.24) is 14.7 Å². The summed E-state index contributed by atoms with van der Waals surface area (Å²) >= 11 is 5.96. The van der Waals surface area contributed by atoms with Crippen LogP contribution >= 0.6 is 11.6 Å². The van der Waals surface area contributed by atoms with Crippen LogP contribution in [0, 0.1) is 5.92 Å². The minimum Gasteiger partial charge on any atom is -0.444 e. The molecule has 160 valence electrons. The summed E-state index contributed by atoms with van der Waals surface area (Å²) in [4.78, 5) is 13.1. The van der Waals surface area contributed by atoms with E-state index in [0.29, 0.717) is 0 Å². The third kappa shape index (κ3) is 4.82. The minimum atomic E-state index is -3.03. The first-order valence-corrected chi connectivity index (χ1v) is 10.4. The van der Waals surface area contributed by atoms with Crippen LogP contribution in [0.1, 0.15) is 52.7 Å². The van der Waals surface area contributed by atoms with Gasteiger partial charge in [0.25, 0.3) is 6.43 Å². The molecule has 2 rings (SSSR count). The third-order valence-corrected chi connectivity index (χ3v) is 6.97. The molecule has 2 atom stereocenters. The molecule has 0 aromatic carbocycles. The number of hydrogen-bond acceptors (Lipinski definition) is 4. The molecule has 0 N–H and O–H groups in total. The van der Waals surface area contributed by atoms with E-state index >= 15 is 4.39 Å². The van der Waals surface area contributed by atoms with Gasteiger partial charge in [-0.3, -0.25) is 8.89 Å². The summed E-state index contributed by atoms with van der Waals surface area (Å²) in [5.41, 5.74) is -1.42. The van der Waals surface area contributed by atoms with Crippen molar-refractivity contribution in [2.75, 3.05) is 13.1 Å². The van der Waals surface area contributed by atoms with Crippen molar-refractivity contribution in [2.24, 2.45) is 13.0 Å². The smallest absolute Gasteiger partial charge is 0.410 e. The van der Waals surface area contributed by atoms with E-state index in [2.05, 4.69) is 5.10 Å². The van der Waals surface area contributed by atoms with E-state index in [0.717, 1.165) is 11.6 Å². The molecular formula is C17H25ClF3N3O3S. The van der Waals surface area contributed by atoms with Gasteiger partial charge in [0.2, 0.25) is 0 Å². The maximum absolute atomic E-state index is 15.5. The summed E-state index contributed by atoms with van der Waals surface area (Å²) in [6.45, 7) is 6.81. The molecule has 1 aromatic rings. The quantitative estimate of drug-likeness (QED) is 0.689. The highest BCUT2D eigenvalue weighted by Crippen LogP contribution is 2.41. The van der Waals surface area contributed by atoms with Crippen LogP contribution in [-0.2, 0) is 22.6 Å². The molecule has 1 fully saturated rings. The van der Waals surface area contributed by atoms with Crippen LogP contribution in [0.4, 0.5) is 18.0 Å². The Morgan fingerprint density at radius 3 is 2.29 bits per heavy atom. The molecule has 0 aliphatic carbocycles. The molecule has 1 aliphatic rings. The van der Waals surface area contributed by atoms with Crippen LogP contribution < -0.4 is 0 Å². The number of likely N-dealkylation sites (tertiary alicyclic amines) is 1. The highest BCUT2D eigenvalue weighted by molar-refractivity contribution is 7.86. The third-order valence-electron chi connectivity index (χ3n) is 4.59. The lowest BCUT2D eigenvalue weighted by Crippen LogP contribution is -2.46. The zero-order valence-corrected chi connectivity index (χ0v) is 18.0. The van der Waals surface area contributed by atoms with Gasteiger partial charge in [0.15, 0.2) is 5.00 Å². The van der Waals surface area contributed by atoms with Gasteiger partial charge >= 0.3 is 6.09 Å². The molecule has 0 bridgehead atoms. The Bertz CT molecular complexity index is 757. The number of carbonyl (C=O) groups is 1. The number of rotatable bonds is 4. The van der Waals surface area contributed by atoms with Gasteiger partial charge in [0.05, 0.1) is 10.8 Å². The molecule has 11 heteroatoms. The Hall–Kier alpha value is -1.29. The monoisotopic (exact) mass is 443 g/mol. The summed E-state index contributed by atoms with van der Waals surface area (Å²) in [7, 11) is -1.13. The molecule has 2 unspecified atom stereocenters. The maximum atomic E-state index is 15.5. The zero-order valence-electron chi connectivity index (χ0n) is 16.5. The van der Waals surface area contributed by atoms with E-state index < -0.39 is 50.4 Å². The summed E-state index contributed by atoms with van der Waals surface area (Å²) < 4.78 is 61.1. The number of nitrogens with zero attached hydrogens (tertiary/aromatic N) is 3. The van der Waals surface area contributed by atoms with E-state index in [1.165, 1.54) is 11.9 Å². The molecule has 1 amide bonds. The van der Waals surface area contributed by atoms with Crippen LogP contribution in [0.25, 0.3) is 0 Å². The van der Waals surface area contributed by atoms with Crippen molar-refractivity contribution in [1.29, 1.82) is 0 Å². The van der Waals surface area contributed by atoms with E-state index in [1.807, 2.05) is 0 Å². The summed E-state index contributed by atoms with van der Waals surface area (Å²) in [6, 6.07) is 0. The minimum absolute atomic E-state index is 0.221. The number of piperidine rings is 1. The van der Waals surface area contributed by atoms with Crippen molar-refractivity contribution in [2.45, 2.75) is 62.5 Å². The molecule has 28 heavy (non-hydrogen) atoms. The first-order chi connectivity index (χ1) is 12.8. The Morgan fingerprint density at radius 2 is 1.82 bits per heavy atom. The van der Waals surface area contributed by atoms with Crippen LogP contribution in [0.2, 0.25) is 5.15 Å². The van der Waals surface area contributed by atoms with Crippen molar-refractivity contribution in [3.05, 3.63) is 10.8 Å². The normalized spacial score (nSPS) is 19.6. The summed E-state index contributed by atoms with van der Waals surface area (Å²) in [5.74, 6) is -0.700. The van der Waals surface area contributed by atoms with E-state index in [9.17, 15) is 17.8 Å². The molecule has 0 spiro atoms. The topological polar surface area (TPSA) is 64.4 Å². The van der Waals surface area contributed by atoms with Crippen molar-refractivity contribution < 1.29 is 26.9 Å². The van der Waals surface area contributed by atoms with E-state index in [4.69, 9.17) is 16.3 Å². The fourth-order valence-electron chi connectivity index (χ4n) is 3.07. The Balaban J connectivity index is 2.14. The molecule has 1 aromatic heterocycles. The summed E-state index contributed by atoms with van der Waals surface area (Å²) in [6.07, 6.45) is -3.08. The molecule has 0 saturated carbocycles. The largest absolute Gasteiger partial charge is 0.444 e. The van der Waals surface area contributed by atoms with Crippen molar-refractivity contribution >= 4 is 28.5 Å². The van der Waals surface area contributed by atoms with E-state index in [1.54, 1.807) is 20.8 Å². The van der Waals surface area contributed by atoms with Crippen molar-refractivity contribution in [3.8, 4) is 0 Å². The average Bonchev–Trinajstić information content (AvgIpc) is 2.88. The van der Waals surface area contributed by atoms with Gasteiger partial charge in [-0.2, -0.15) is 5.10 Å². The first-order valence-electron chi connectivity index (χ1n) is 8.85. The number of halogens is 4. The van der Waals surface area contributed by atoms with Gasteiger partial charge in [0, 0.05) is 26.1 Å². The van der Waals surface area contributed by atoms with Crippen LogP contribution in [0.3, 0.4) is 0 Å².